The Morgan fingerprint density at radius 3 is 2.93 bits per heavy atom. The fraction of sp³-hybridized carbons (Fsp3) is 0.579. The van der Waals surface area contributed by atoms with Crippen molar-refractivity contribution in [2.45, 2.75) is 56.4 Å². The van der Waals surface area contributed by atoms with Gasteiger partial charge in [-0.25, -0.2) is 4.79 Å². The van der Waals surface area contributed by atoms with Crippen molar-refractivity contribution in [2.75, 3.05) is 17.7 Å². The second-order valence-electron chi connectivity index (χ2n) is 7.45. The lowest BCUT2D eigenvalue weighted by Gasteiger charge is -2.29. The van der Waals surface area contributed by atoms with Crippen LogP contribution < -0.4 is 5.32 Å². The minimum absolute atomic E-state index is 0.0401. The van der Waals surface area contributed by atoms with Crippen LogP contribution in [0.2, 0.25) is 0 Å². The zero-order valence-corrected chi connectivity index (χ0v) is 17.2. The molecule has 4 rings (SSSR count). The fourth-order valence-corrected chi connectivity index (χ4v) is 6.84. The molecule has 7 nitrogen and oxygen atoms in total. The zero-order valence-electron chi connectivity index (χ0n) is 15.6. The number of nitrogens with zero attached hydrogens (tertiary/aromatic N) is 2. The number of rotatable bonds is 4. The van der Waals surface area contributed by atoms with Crippen LogP contribution in [-0.2, 0) is 32.0 Å². The highest BCUT2D eigenvalue weighted by Crippen LogP contribution is 2.47. The molecule has 0 aromatic carbocycles. The van der Waals surface area contributed by atoms with E-state index >= 15 is 0 Å². The number of hydrogen-bond acceptors (Lipinski definition) is 7. The van der Waals surface area contributed by atoms with Gasteiger partial charge < -0.3 is 15.0 Å². The standard InChI is InChI=1S/C19H21N3O4S2/c1-19-7-6-16(24)22(19)13(10-27-19)18(25)26-9-15(23)21-17-12(8-20)11-4-2-3-5-14(11)28-17/h13H,2-7,9-10H2,1H3,(H,21,23)/t13-,19-/m0/s1. The van der Waals surface area contributed by atoms with Crippen LogP contribution in [0.15, 0.2) is 0 Å². The molecule has 2 aliphatic heterocycles. The fourth-order valence-electron chi connectivity index (χ4n) is 4.16. The predicted molar refractivity (Wildman–Crippen MR) is 106 cm³/mol. The number of thioether (sulfide) groups is 1. The first-order valence-electron chi connectivity index (χ1n) is 9.40. The van der Waals surface area contributed by atoms with Gasteiger partial charge in [0.1, 0.15) is 17.1 Å². The van der Waals surface area contributed by atoms with Crippen molar-refractivity contribution in [3.63, 3.8) is 0 Å². The van der Waals surface area contributed by atoms with Crippen LogP contribution in [0.1, 0.15) is 48.6 Å². The third kappa shape index (κ3) is 3.29. The lowest BCUT2D eigenvalue weighted by Crippen LogP contribution is -2.47. The second kappa shape index (κ2) is 7.41. The molecular weight excluding hydrogens is 398 g/mol. The van der Waals surface area contributed by atoms with Crippen molar-refractivity contribution >= 4 is 45.9 Å². The molecule has 0 spiro atoms. The van der Waals surface area contributed by atoms with Gasteiger partial charge in [-0.05, 0) is 44.6 Å². The molecule has 9 heteroatoms. The number of ether oxygens (including phenoxy) is 1. The largest absolute Gasteiger partial charge is 0.454 e. The van der Waals surface area contributed by atoms with Gasteiger partial charge >= 0.3 is 5.97 Å². The van der Waals surface area contributed by atoms with Gasteiger partial charge in [-0.1, -0.05) is 0 Å². The number of carbonyl (C=O) groups is 3. The Labute approximate surface area is 171 Å². The molecule has 1 aliphatic carbocycles. The van der Waals surface area contributed by atoms with Crippen molar-refractivity contribution < 1.29 is 19.1 Å². The molecule has 3 heterocycles. The van der Waals surface area contributed by atoms with Crippen LogP contribution in [0.5, 0.6) is 0 Å². The summed E-state index contributed by atoms with van der Waals surface area (Å²) in [5.41, 5.74) is 1.57. The molecule has 1 aromatic rings. The van der Waals surface area contributed by atoms with Crippen LogP contribution in [-0.4, -0.2) is 46.0 Å². The molecule has 1 N–H and O–H groups in total. The molecule has 3 aliphatic rings. The summed E-state index contributed by atoms with van der Waals surface area (Å²) < 4.78 is 5.20. The summed E-state index contributed by atoms with van der Waals surface area (Å²) in [6.45, 7) is 1.54. The number of amides is 2. The van der Waals surface area contributed by atoms with Gasteiger partial charge in [-0.15, -0.1) is 23.1 Å². The predicted octanol–water partition coefficient (Wildman–Crippen LogP) is 2.43. The summed E-state index contributed by atoms with van der Waals surface area (Å²) in [4.78, 5) is 39.3. The van der Waals surface area contributed by atoms with Crippen LogP contribution in [0.3, 0.4) is 0 Å². The van der Waals surface area contributed by atoms with Crippen LogP contribution in [0, 0.1) is 11.3 Å². The van der Waals surface area contributed by atoms with E-state index in [9.17, 15) is 19.6 Å². The summed E-state index contributed by atoms with van der Waals surface area (Å²) in [6, 6.07) is 1.56. The van der Waals surface area contributed by atoms with Gasteiger partial charge in [0.2, 0.25) is 5.91 Å². The van der Waals surface area contributed by atoms with E-state index in [-0.39, 0.29) is 10.8 Å². The van der Waals surface area contributed by atoms with E-state index in [0.717, 1.165) is 42.5 Å². The van der Waals surface area contributed by atoms with Gasteiger partial charge in [-0.2, -0.15) is 5.26 Å². The van der Waals surface area contributed by atoms with Gasteiger partial charge in [-0.3, -0.25) is 9.59 Å². The highest BCUT2D eigenvalue weighted by atomic mass is 32.2. The molecule has 0 unspecified atom stereocenters. The highest BCUT2D eigenvalue weighted by molar-refractivity contribution is 8.01. The van der Waals surface area contributed by atoms with E-state index < -0.39 is 24.5 Å². The molecule has 2 amide bonds. The number of nitrogens with one attached hydrogen (secondary N) is 1. The van der Waals surface area contributed by atoms with E-state index in [1.54, 1.807) is 16.7 Å². The maximum atomic E-state index is 12.5. The first kappa shape index (κ1) is 19.3. The van der Waals surface area contributed by atoms with E-state index in [1.807, 2.05) is 6.92 Å². The Kier molecular flexibility index (Phi) is 5.10. The molecule has 28 heavy (non-hydrogen) atoms. The van der Waals surface area contributed by atoms with Crippen molar-refractivity contribution in [2.24, 2.45) is 0 Å². The topological polar surface area (TPSA) is 99.5 Å². The normalized spacial score (nSPS) is 25.8. The molecule has 2 fully saturated rings. The Bertz CT molecular complexity index is 890. The Balaban J connectivity index is 1.37. The highest BCUT2D eigenvalue weighted by Gasteiger charge is 2.53. The van der Waals surface area contributed by atoms with Crippen LogP contribution in [0.4, 0.5) is 5.00 Å². The smallest absolute Gasteiger partial charge is 0.330 e. The van der Waals surface area contributed by atoms with E-state index in [1.165, 1.54) is 11.3 Å². The Hall–Kier alpha value is -2.05. The number of fused-ring (bicyclic) bond motifs is 2. The van der Waals surface area contributed by atoms with E-state index in [2.05, 4.69) is 11.4 Å². The second-order valence-corrected chi connectivity index (χ2v) is 10.1. The molecule has 0 bridgehead atoms. The zero-order chi connectivity index (χ0) is 19.9. The van der Waals surface area contributed by atoms with Crippen molar-refractivity contribution in [3.05, 3.63) is 16.0 Å². The molecular formula is C19H21N3O4S2. The number of anilines is 1. The first-order chi connectivity index (χ1) is 13.4. The summed E-state index contributed by atoms with van der Waals surface area (Å²) in [5, 5.41) is 12.7. The van der Waals surface area contributed by atoms with E-state index in [4.69, 9.17) is 4.74 Å². The maximum absolute atomic E-state index is 12.5. The Morgan fingerprint density at radius 1 is 1.36 bits per heavy atom. The van der Waals surface area contributed by atoms with Crippen LogP contribution in [0.25, 0.3) is 0 Å². The lowest BCUT2D eigenvalue weighted by atomic mass is 9.96. The lowest BCUT2D eigenvalue weighted by molar-refractivity contribution is -0.155. The van der Waals surface area contributed by atoms with Gasteiger partial charge in [0.05, 0.1) is 10.4 Å². The van der Waals surface area contributed by atoms with Crippen LogP contribution >= 0.6 is 23.1 Å². The molecule has 2 saturated heterocycles. The average Bonchev–Trinajstić information content (AvgIpc) is 3.30. The van der Waals surface area contributed by atoms with Gasteiger partial charge in [0.15, 0.2) is 6.61 Å². The molecule has 0 radical (unpaired) electrons. The number of thiophene rings is 1. The number of carbonyl (C=O) groups excluding carboxylic acids is 3. The van der Waals surface area contributed by atoms with E-state index in [0.29, 0.717) is 22.7 Å². The third-order valence-corrected chi connectivity index (χ3v) is 8.31. The third-order valence-electron chi connectivity index (χ3n) is 5.60. The summed E-state index contributed by atoms with van der Waals surface area (Å²) in [6.07, 6.45) is 5.10. The summed E-state index contributed by atoms with van der Waals surface area (Å²) in [7, 11) is 0. The van der Waals surface area contributed by atoms with Crippen molar-refractivity contribution in [1.29, 1.82) is 5.26 Å². The van der Waals surface area contributed by atoms with Crippen molar-refractivity contribution in [3.8, 4) is 6.07 Å². The van der Waals surface area contributed by atoms with Crippen molar-refractivity contribution in [1.82, 2.24) is 4.90 Å². The quantitative estimate of drug-likeness (QED) is 0.753. The maximum Gasteiger partial charge on any atom is 0.330 e. The van der Waals surface area contributed by atoms with Gasteiger partial charge in [0.25, 0.3) is 5.91 Å². The molecule has 2 atom stereocenters. The Morgan fingerprint density at radius 2 is 2.14 bits per heavy atom. The summed E-state index contributed by atoms with van der Waals surface area (Å²) in [5.74, 6) is -0.571. The molecule has 0 saturated carbocycles. The average molecular weight is 420 g/mol. The van der Waals surface area contributed by atoms with Gasteiger partial charge in [0, 0.05) is 17.1 Å². The minimum Gasteiger partial charge on any atom is -0.454 e. The monoisotopic (exact) mass is 419 g/mol. The minimum atomic E-state index is -0.637. The number of hydrogen-bond donors (Lipinski definition) is 1. The summed E-state index contributed by atoms with van der Waals surface area (Å²) >= 11 is 3.02. The SMILES string of the molecule is C[C@]12CCC(=O)N1[C@H](C(=O)OCC(=O)Nc1sc3c(c1C#N)CCCC3)CS2. The number of aryl methyl sites for hydroxylation is 1. The number of nitriles is 1. The molecule has 148 valence electrons. The molecule has 1 aromatic heterocycles. The number of esters is 1. The first-order valence-corrected chi connectivity index (χ1v) is 11.2.